The molecule has 1 aromatic carbocycles. The predicted octanol–water partition coefficient (Wildman–Crippen LogP) is 4.41. The molecule has 3 aromatic rings. The Bertz CT molecular complexity index is 1360. The molecule has 3 N–H and O–H groups in total. The first-order chi connectivity index (χ1) is 14.9. The van der Waals surface area contributed by atoms with E-state index in [4.69, 9.17) is 4.74 Å². The summed E-state index contributed by atoms with van der Waals surface area (Å²) in [6.45, 7) is 0. The first-order valence-corrected chi connectivity index (χ1v) is 10.8. The Morgan fingerprint density at radius 1 is 1.26 bits per heavy atom. The highest BCUT2D eigenvalue weighted by Crippen LogP contribution is 2.51. The molecule has 0 aliphatic heterocycles. The lowest BCUT2D eigenvalue weighted by molar-refractivity contribution is 0.0695. The Balaban J connectivity index is 1.79. The Kier molecular flexibility index (Phi) is 4.48. The Morgan fingerprint density at radius 2 is 2.03 bits per heavy atom. The summed E-state index contributed by atoms with van der Waals surface area (Å²) in [4.78, 5) is 41.7. The van der Waals surface area contributed by atoms with Gasteiger partial charge in [-0.1, -0.05) is 0 Å². The summed E-state index contributed by atoms with van der Waals surface area (Å²) in [5.41, 5.74) is 2.32. The molecule has 7 nitrogen and oxygen atoms in total. The summed E-state index contributed by atoms with van der Waals surface area (Å²) in [5, 5.41) is 19.0. The summed E-state index contributed by atoms with van der Waals surface area (Å²) in [7, 11) is 1.52. The second-order valence-electron chi connectivity index (χ2n) is 7.84. The number of nitrogens with one attached hydrogen (secondary N) is 1. The molecule has 2 aliphatic carbocycles. The highest BCUT2D eigenvalue weighted by molar-refractivity contribution is 7.16. The number of hydrogen-bond acceptors (Lipinski definition) is 6. The van der Waals surface area contributed by atoms with Crippen LogP contribution in [0.5, 0.6) is 5.75 Å². The number of aliphatic hydroxyl groups excluding tert-OH is 1. The van der Waals surface area contributed by atoms with Crippen LogP contribution in [0, 0.1) is 0 Å². The second kappa shape index (κ2) is 7.09. The molecule has 0 saturated heterocycles. The van der Waals surface area contributed by atoms with Gasteiger partial charge in [0.15, 0.2) is 11.5 Å². The van der Waals surface area contributed by atoms with E-state index in [0.29, 0.717) is 35.2 Å². The number of Topliss-reactive ketones (excluding diaryl/α,β-unsaturated/α-hetero) is 1. The number of pyridine rings is 1. The SMILES string of the molecule is COc1c(-c2cc3c(s2)CC/C(=C\O)C3=O)c(C2CC2)cc2c(=O)c(C(=O)O)c[nH]c12. The van der Waals surface area contributed by atoms with E-state index in [0.717, 1.165) is 40.0 Å². The number of carboxylic acids is 1. The summed E-state index contributed by atoms with van der Waals surface area (Å²) in [5.74, 6) is -0.726. The van der Waals surface area contributed by atoms with E-state index in [9.17, 15) is 24.6 Å². The van der Waals surface area contributed by atoms with Gasteiger partial charge in [-0.2, -0.15) is 0 Å². The van der Waals surface area contributed by atoms with Gasteiger partial charge in [0.05, 0.1) is 24.3 Å². The number of benzene rings is 1. The van der Waals surface area contributed by atoms with E-state index >= 15 is 0 Å². The van der Waals surface area contributed by atoms with Gasteiger partial charge in [0.1, 0.15) is 5.56 Å². The van der Waals surface area contributed by atoms with Crippen molar-refractivity contribution in [1.29, 1.82) is 0 Å². The number of aliphatic hydroxyl groups is 1. The predicted molar refractivity (Wildman–Crippen MR) is 117 cm³/mol. The first-order valence-electron chi connectivity index (χ1n) is 9.95. The van der Waals surface area contributed by atoms with Crippen molar-refractivity contribution in [2.45, 2.75) is 31.6 Å². The molecule has 2 heterocycles. The van der Waals surface area contributed by atoms with Crippen molar-refractivity contribution in [3.8, 4) is 16.2 Å². The third-order valence-electron chi connectivity index (χ3n) is 5.98. The van der Waals surface area contributed by atoms with Gasteiger partial charge in [0, 0.05) is 32.7 Å². The summed E-state index contributed by atoms with van der Waals surface area (Å²) in [6, 6.07) is 3.61. The van der Waals surface area contributed by atoms with E-state index in [1.807, 2.05) is 6.07 Å². The third kappa shape index (κ3) is 2.97. The average Bonchev–Trinajstić information content (AvgIpc) is 3.51. The number of carbonyl (C=O) groups excluding carboxylic acids is 1. The topological polar surface area (TPSA) is 117 Å². The normalized spacial score (nSPS) is 17.2. The summed E-state index contributed by atoms with van der Waals surface area (Å²) >= 11 is 1.52. The largest absolute Gasteiger partial charge is 0.515 e. The zero-order chi connectivity index (χ0) is 21.9. The lowest BCUT2D eigenvalue weighted by Crippen LogP contribution is -2.16. The number of hydrogen-bond donors (Lipinski definition) is 3. The van der Waals surface area contributed by atoms with Gasteiger partial charge in [-0.3, -0.25) is 9.59 Å². The van der Waals surface area contributed by atoms with Crippen molar-refractivity contribution < 1.29 is 24.5 Å². The van der Waals surface area contributed by atoms with Gasteiger partial charge >= 0.3 is 5.97 Å². The molecule has 31 heavy (non-hydrogen) atoms. The third-order valence-corrected chi connectivity index (χ3v) is 7.20. The van der Waals surface area contributed by atoms with Crippen molar-refractivity contribution >= 4 is 34.0 Å². The minimum atomic E-state index is -1.28. The standard InChI is InChI=1S/C23H19NO6S/c1-30-22-18(17-7-13-16(31-17)5-4-11(9-25)20(13)26)12(10-2-3-10)6-14-19(22)24-8-15(21(14)27)23(28)29/h6-10,25H,2-5H2,1H3,(H,24,27)(H,28,29)/b11-9+. The lowest BCUT2D eigenvalue weighted by atomic mass is 9.92. The fraction of sp³-hybridized carbons (Fsp3) is 0.261. The number of allylic oxidation sites excluding steroid dienone is 1. The molecule has 1 fully saturated rings. The molecule has 2 aliphatic rings. The van der Waals surface area contributed by atoms with E-state index in [1.54, 1.807) is 6.07 Å². The number of aromatic carboxylic acids is 1. The van der Waals surface area contributed by atoms with Crippen LogP contribution in [-0.2, 0) is 6.42 Å². The molecule has 0 atom stereocenters. The van der Waals surface area contributed by atoms with Crippen molar-refractivity contribution in [2.24, 2.45) is 0 Å². The number of carboxylic acid groups (broad SMARTS) is 1. The number of methoxy groups -OCH3 is 1. The molecule has 0 spiro atoms. The van der Waals surface area contributed by atoms with Crippen LogP contribution in [0.3, 0.4) is 0 Å². The Labute approximate surface area is 180 Å². The highest BCUT2D eigenvalue weighted by atomic mass is 32.1. The van der Waals surface area contributed by atoms with Gasteiger partial charge < -0.3 is 19.9 Å². The number of carbonyl (C=O) groups is 2. The fourth-order valence-electron chi connectivity index (χ4n) is 4.28. The molecule has 5 rings (SSSR count). The summed E-state index contributed by atoms with van der Waals surface area (Å²) in [6.07, 6.45) is 5.19. The molecule has 2 aromatic heterocycles. The van der Waals surface area contributed by atoms with Crippen molar-refractivity contribution in [3.63, 3.8) is 0 Å². The number of thiophene rings is 1. The van der Waals surface area contributed by atoms with Crippen molar-refractivity contribution in [3.05, 3.63) is 62.0 Å². The van der Waals surface area contributed by atoms with Gasteiger partial charge in [0.2, 0.25) is 5.43 Å². The molecule has 0 unspecified atom stereocenters. The van der Waals surface area contributed by atoms with Gasteiger partial charge in [-0.15, -0.1) is 11.3 Å². The minimum absolute atomic E-state index is 0.168. The fourth-order valence-corrected chi connectivity index (χ4v) is 5.50. The van der Waals surface area contributed by atoms with Crippen LogP contribution in [0.25, 0.3) is 21.3 Å². The van der Waals surface area contributed by atoms with Crippen LogP contribution in [0.2, 0.25) is 0 Å². The van der Waals surface area contributed by atoms with E-state index in [1.165, 1.54) is 24.6 Å². The molecular weight excluding hydrogens is 418 g/mol. The number of aromatic amines is 1. The van der Waals surface area contributed by atoms with Crippen LogP contribution < -0.4 is 10.2 Å². The van der Waals surface area contributed by atoms with Crippen LogP contribution in [0.4, 0.5) is 0 Å². The molecule has 0 amide bonds. The number of H-pyrrole nitrogens is 1. The summed E-state index contributed by atoms with van der Waals surface area (Å²) < 4.78 is 5.74. The number of rotatable bonds is 4. The first kappa shape index (κ1) is 19.6. The zero-order valence-electron chi connectivity index (χ0n) is 16.7. The van der Waals surface area contributed by atoms with Crippen LogP contribution >= 0.6 is 11.3 Å². The number of fused-ring (bicyclic) bond motifs is 2. The molecule has 158 valence electrons. The number of aromatic nitrogens is 1. The van der Waals surface area contributed by atoms with E-state index in [-0.39, 0.29) is 22.7 Å². The average molecular weight is 437 g/mol. The number of ether oxygens (including phenoxy) is 1. The molecule has 8 heteroatoms. The molecule has 0 bridgehead atoms. The number of aryl methyl sites for hydroxylation is 1. The van der Waals surface area contributed by atoms with Crippen LogP contribution in [-0.4, -0.2) is 34.1 Å². The lowest BCUT2D eigenvalue weighted by Gasteiger charge is -2.16. The Hall–Kier alpha value is -3.39. The molecule has 1 saturated carbocycles. The maximum atomic E-state index is 12.8. The van der Waals surface area contributed by atoms with Crippen LogP contribution in [0.15, 0.2) is 35.0 Å². The molecular formula is C23H19NO6S. The maximum absolute atomic E-state index is 12.8. The smallest absolute Gasteiger partial charge is 0.341 e. The second-order valence-corrected chi connectivity index (χ2v) is 8.98. The van der Waals surface area contributed by atoms with Gasteiger partial charge in [0.25, 0.3) is 0 Å². The molecule has 0 radical (unpaired) electrons. The number of ketones is 1. The van der Waals surface area contributed by atoms with Gasteiger partial charge in [-0.05, 0) is 49.3 Å². The quantitative estimate of drug-likeness (QED) is 0.411. The Morgan fingerprint density at radius 3 is 2.68 bits per heavy atom. The van der Waals surface area contributed by atoms with E-state index in [2.05, 4.69) is 4.98 Å². The zero-order valence-corrected chi connectivity index (χ0v) is 17.5. The maximum Gasteiger partial charge on any atom is 0.341 e. The highest BCUT2D eigenvalue weighted by Gasteiger charge is 2.33. The van der Waals surface area contributed by atoms with Gasteiger partial charge in [-0.25, -0.2) is 4.79 Å². The van der Waals surface area contributed by atoms with E-state index < -0.39 is 11.4 Å². The minimum Gasteiger partial charge on any atom is -0.515 e. The monoisotopic (exact) mass is 437 g/mol. The van der Waals surface area contributed by atoms with Crippen molar-refractivity contribution in [2.75, 3.05) is 7.11 Å². The van der Waals surface area contributed by atoms with Crippen molar-refractivity contribution in [1.82, 2.24) is 4.98 Å². The van der Waals surface area contributed by atoms with Crippen LogP contribution in [0.1, 0.15) is 56.3 Å².